The monoisotopic (exact) mass is 645 g/mol. The average molecular weight is 646 g/mol. The standard InChI is InChI=1S/C29H35N7O3S.C2H3F3/c1-20(32-19-37)23-11-7-10-22(16-23)18-26(38)33-25(31)15-14-24(30)12-5-6-13-28-35-36-29(40-28)34-27(39)17-21-8-3-2-4-9-21;1-2(3,4)5/h2-4,7-11,14-16,19-20H,5-6,12-13,17-18,30-31H2,1H3,(H,32,37)(H,33,38)(H,34,36,39);1H3/b24-14-,25-15+;. The average Bonchev–Trinajstić information content (AvgIpc) is 3.41. The number of unbranched alkanes of at least 4 members (excludes halogenated alkanes) is 1. The van der Waals surface area contributed by atoms with Crippen molar-refractivity contribution in [2.45, 2.75) is 64.6 Å². The first-order valence-corrected chi connectivity index (χ1v) is 14.9. The molecule has 0 bridgehead atoms. The Morgan fingerprint density at radius 1 is 0.956 bits per heavy atom. The van der Waals surface area contributed by atoms with E-state index < -0.39 is 6.18 Å². The SMILES string of the molecule is CC(F)(F)F.CC(NC=O)c1cccc(CC(=O)N/C(N)=C/C=C(\N)CCCCc2nnc(NC(=O)Cc3ccccc3)s2)c1. The largest absolute Gasteiger partial charge is 0.402 e. The molecule has 1 unspecified atom stereocenters. The summed E-state index contributed by atoms with van der Waals surface area (Å²) in [5.41, 5.74) is 15.3. The topological polar surface area (TPSA) is 165 Å². The van der Waals surface area contributed by atoms with E-state index in [-0.39, 0.29) is 37.0 Å². The number of anilines is 1. The van der Waals surface area contributed by atoms with Crippen molar-refractivity contribution in [3.05, 3.63) is 100.0 Å². The van der Waals surface area contributed by atoms with Gasteiger partial charge in [-0.2, -0.15) is 13.2 Å². The van der Waals surface area contributed by atoms with Gasteiger partial charge < -0.3 is 27.4 Å². The minimum atomic E-state index is -4.00. The van der Waals surface area contributed by atoms with Gasteiger partial charge in [0, 0.05) is 19.0 Å². The predicted octanol–water partition coefficient (Wildman–Crippen LogP) is 4.81. The first-order valence-electron chi connectivity index (χ1n) is 14.1. The molecule has 0 fully saturated rings. The number of aryl methyl sites for hydroxylation is 1. The normalized spacial score (nSPS) is 12.4. The maximum absolute atomic E-state index is 12.4. The summed E-state index contributed by atoms with van der Waals surface area (Å²) in [7, 11) is 0. The highest BCUT2D eigenvalue weighted by atomic mass is 32.1. The number of amides is 3. The van der Waals surface area contributed by atoms with Crippen LogP contribution in [0.4, 0.5) is 18.3 Å². The van der Waals surface area contributed by atoms with Gasteiger partial charge in [-0.25, -0.2) is 0 Å². The summed E-state index contributed by atoms with van der Waals surface area (Å²) in [6, 6.07) is 16.8. The van der Waals surface area contributed by atoms with Crippen molar-refractivity contribution in [1.82, 2.24) is 20.8 Å². The Kier molecular flexibility index (Phi) is 15.3. The summed E-state index contributed by atoms with van der Waals surface area (Å²) in [4.78, 5) is 35.2. The maximum Gasteiger partial charge on any atom is 0.386 e. The molecule has 7 N–H and O–H groups in total. The summed E-state index contributed by atoms with van der Waals surface area (Å²) in [5.74, 6) is -0.167. The fourth-order valence-corrected chi connectivity index (χ4v) is 4.64. The zero-order chi connectivity index (χ0) is 33.2. The zero-order valence-electron chi connectivity index (χ0n) is 25.1. The lowest BCUT2D eigenvalue weighted by atomic mass is 10.0. The number of hydrogen-bond donors (Lipinski definition) is 5. The van der Waals surface area contributed by atoms with Gasteiger partial charge in [0.2, 0.25) is 23.4 Å². The summed E-state index contributed by atoms with van der Waals surface area (Å²) in [5, 5.41) is 17.7. The minimum absolute atomic E-state index is 0.122. The molecule has 0 aliphatic carbocycles. The molecule has 0 aliphatic rings. The van der Waals surface area contributed by atoms with Crippen molar-refractivity contribution in [1.29, 1.82) is 0 Å². The van der Waals surface area contributed by atoms with Gasteiger partial charge in [-0.05, 0) is 55.0 Å². The number of halogens is 3. The van der Waals surface area contributed by atoms with E-state index in [1.165, 1.54) is 11.3 Å². The molecule has 0 saturated carbocycles. The Hall–Kier alpha value is -4.72. The number of nitrogens with zero attached hydrogens (tertiary/aromatic N) is 2. The molecule has 45 heavy (non-hydrogen) atoms. The van der Waals surface area contributed by atoms with Crippen LogP contribution in [0.2, 0.25) is 0 Å². The molecule has 0 saturated heterocycles. The summed E-state index contributed by atoms with van der Waals surface area (Å²) >= 11 is 1.37. The second-order valence-electron chi connectivity index (χ2n) is 10.0. The molecule has 1 aromatic heterocycles. The lowest BCUT2D eigenvalue weighted by Gasteiger charge is -2.12. The number of nitrogens with one attached hydrogen (secondary N) is 3. The van der Waals surface area contributed by atoms with Gasteiger partial charge >= 0.3 is 6.18 Å². The van der Waals surface area contributed by atoms with Crippen LogP contribution >= 0.6 is 11.3 Å². The van der Waals surface area contributed by atoms with E-state index in [0.29, 0.717) is 30.1 Å². The van der Waals surface area contributed by atoms with Gasteiger partial charge in [0.05, 0.1) is 18.9 Å². The maximum atomic E-state index is 12.4. The number of rotatable bonds is 15. The molecule has 0 aliphatic heterocycles. The molecule has 1 heterocycles. The van der Waals surface area contributed by atoms with Crippen molar-refractivity contribution in [2.24, 2.45) is 11.5 Å². The van der Waals surface area contributed by atoms with Crippen LogP contribution in [0.15, 0.2) is 78.3 Å². The van der Waals surface area contributed by atoms with E-state index in [2.05, 4.69) is 26.1 Å². The van der Waals surface area contributed by atoms with Crippen molar-refractivity contribution in [3.8, 4) is 0 Å². The molecule has 10 nitrogen and oxygen atoms in total. The van der Waals surface area contributed by atoms with Gasteiger partial charge in [-0.3, -0.25) is 14.4 Å². The number of alkyl halides is 3. The van der Waals surface area contributed by atoms with Gasteiger partial charge in [0.25, 0.3) is 0 Å². The predicted molar refractivity (Wildman–Crippen MR) is 168 cm³/mol. The van der Waals surface area contributed by atoms with E-state index in [0.717, 1.165) is 41.0 Å². The van der Waals surface area contributed by atoms with E-state index in [1.807, 2.05) is 61.5 Å². The second-order valence-corrected chi connectivity index (χ2v) is 11.1. The van der Waals surface area contributed by atoms with Gasteiger partial charge in [-0.1, -0.05) is 65.9 Å². The van der Waals surface area contributed by atoms with E-state index >= 15 is 0 Å². The highest BCUT2D eigenvalue weighted by molar-refractivity contribution is 7.15. The van der Waals surface area contributed by atoms with Gasteiger partial charge in [0.15, 0.2) is 0 Å². The van der Waals surface area contributed by atoms with E-state index in [9.17, 15) is 27.6 Å². The molecular formula is C31H38F3N7O3S. The van der Waals surface area contributed by atoms with Gasteiger partial charge in [-0.15, -0.1) is 10.2 Å². The molecule has 0 spiro atoms. The highest BCUT2D eigenvalue weighted by Gasteiger charge is 2.15. The van der Waals surface area contributed by atoms with E-state index in [4.69, 9.17) is 11.5 Å². The fraction of sp³-hybridized carbons (Fsp3) is 0.323. The van der Waals surface area contributed by atoms with Crippen molar-refractivity contribution in [2.75, 3.05) is 5.32 Å². The molecule has 0 radical (unpaired) electrons. The Labute approximate surface area is 264 Å². The first-order chi connectivity index (χ1) is 21.3. The number of nitrogens with two attached hydrogens (primary N) is 2. The Morgan fingerprint density at radius 3 is 2.31 bits per heavy atom. The van der Waals surface area contributed by atoms with Crippen LogP contribution in [0, 0.1) is 0 Å². The van der Waals surface area contributed by atoms with Crippen molar-refractivity contribution in [3.63, 3.8) is 0 Å². The fourth-order valence-electron chi connectivity index (χ4n) is 3.84. The third-order valence-corrected chi connectivity index (χ3v) is 6.82. The summed E-state index contributed by atoms with van der Waals surface area (Å²) < 4.78 is 31.1. The molecule has 3 aromatic rings. The lowest BCUT2D eigenvalue weighted by Crippen LogP contribution is -2.28. The quantitative estimate of drug-likeness (QED) is 0.0899. The third kappa shape index (κ3) is 16.6. The highest BCUT2D eigenvalue weighted by Crippen LogP contribution is 2.18. The number of hydrogen-bond acceptors (Lipinski definition) is 8. The summed E-state index contributed by atoms with van der Waals surface area (Å²) in [6.45, 7) is 2.06. The van der Waals surface area contributed by atoms with Crippen LogP contribution in [-0.4, -0.2) is 34.6 Å². The smallest absolute Gasteiger partial charge is 0.386 e. The number of aromatic nitrogens is 2. The Morgan fingerprint density at radius 2 is 1.62 bits per heavy atom. The summed E-state index contributed by atoms with van der Waals surface area (Å²) in [6.07, 6.45) is 3.46. The molecule has 1 atom stereocenters. The van der Waals surface area contributed by atoms with Crippen molar-refractivity contribution < 1.29 is 27.6 Å². The van der Waals surface area contributed by atoms with Crippen LogP contribution in [0.1, 0.15) is 60.8 Å². The lowest BCUT2D eigenvalue weighted by molar-refractivity contribution is -0.120. The number of carbonyl (C=O) groups excluding carboxylic acids is 3. The van der Waals surface area contributed by atoms with Crippen LogP contribution in [0.5, 0.6) is 0 Å². The third-order valence-electron chi connectivity index (χ3n) is 5.92. The molecular weight excluding hydrogens is 607 g/mol. The number of carbonyl (C=O) groups is 3. The van der Waals surface area contributed by atoms with Gasteiger partial charge in [0.1, 0.15) is 10.8 Å². The molecule has 242 valence electrons. The molecule has 14 heteroatoms. The van der Waals surface area contributed by atoms with Crippen LogP contribution in [-0.2, 0) is 33.6 Å². The molecule has 3 rings (SSSR count). The Balaban J connectivity index is 0.00000130. The molecule has 3 amide bonds. The van der Waals surface area contributed by atoms with Crippen LogP contribution in [0.3, 0.4) is 0 Å². The number of allylic oxidation sites excluding steroid dienone is 3. The minimum Gasteiger partial charge on any atom is -0.402 e. The zero-order valence-corrected chi connectivity index (χ0v) is 25.9. The second kappa shape index (κ2) is 18.8. The van der Waals surface area contributed by atoms with Crippen LogP contribution in [0.25, 0.3) is 0 Å². The molecule has 2 aromatic carbocycles. The van der Waals surface area contributed by atoms with E-state index in [1.54, 1.807) is 12.2 Å². The van der Waals surface area contributed by atoms with Crippen molar-refractivity contribution >= 4 is 34.7 Å². The number of benzene rings is 2. The Bertz CT molecular complexity index is 1440. The van der Waals surface area contributed by atoms with Crippen LogP contribution < -0.4 is 27.4 Å². The first kappa shape index (κ1) is 36.5.